The van der Waals surface area contributed by atoms with Gasteiger partial charge in [0.2, 0.25) is 0 Å². The minimum Gasteiger partial charge on any atom is -0.469 e. The standard InChI is InChI=1S/C12H21NO2/c1-15-12(14)11-6-10(7-13-8-11)9-4-2-3-5-9/h9-11,13H,2-8H2,1H3. The SMILES string of the molecule is COC(=O)C1CNCC(C2CCCC2)C1. The number of piperidine rings is 1. The Bertz CT molecular complexity index is 224. The van der Waals surface area contributed by atoms with Crippen LogP contribution in [0.2, 0.25) is 0 Å². The van der Waals surface area contributed by atoms with Crippen molar-refractivity contribution >= 4 is 5.97 Å². The van der Waals surface area contributed by atoms with E-state index >= 15 is 0 Å². The van der Waals surface area contributed by atoms with E-state index < -0.39 is 0 Å². The maximum Gasteiger partial charge on any atom is 0.309 e. The molecule has 1 aliphatic carbocycles. The molecular formula is C12H21NO2. The quantitative estimate of drug-likeness (QED) is 0.705. The van der Waals surface area contributed by atoms with Crippen molar-refractivity contribution in [3.63, 3.8) is 0 Å². The van der Waals surface area contributed by atoms with Crippen LogP contribution in [0.3, 0.4) is 0 Å². The second-order valence-corrected chi connectivity index (χ2v) is 4.92. The third-order valence-electron chi connectivity index (χ3n) is 3.99. The van der Waals surface area contributed by atoms with Gasteiger partial charge >= 0.3 is 5.97 Å². The van der Waals surface area contributed by atoms with Crippen molar-refractivity contribution in [1.82, 2.24) is 5.32 Å². The van der Waals surface area contributed by atoms with Crippen LogP contribution >= 0.6 is 0 Å². The van der Waals surface area contributed by atoms with Gasteiger partial charge in [0.15, 0.2) is 0 Å². The lowest BCUT2D eigenvalue weighted by atomic mass is 9.81. The average molecular weight is 211 g/mol. The van der Waals surface area contributed by atoms with Gasteiger partial charge in [0.1, 0.15) is 0 Å². The minimum absolute atomic E-state index is 0.0369. The molecule has 0 radical (unpaired) electrons. The van der Waals surface area contributed by atoms with Crippen molar-refractivity contribution in [2.75, 3.05) is 20.2 Å². The second kappa shape index (κ2) is 4.97. The number of nitrogens with one attached hydrogen (secondary N) is 1. The fraction of sp³-hybridized carbons (Fsp3) is 0.917. The van der Waals surface area contributed by atoms with Crippen molar-refractivity contribution < 1.29 is 9.53 Å². The molecule has 1 aliphatic heterocycles. The van der Waals surface area contributed by atoms with E-state index in [1.807, 2.05) is 0 Å². The fourth-order valence-electron chi connectivity index (χ4n) is 3.11. The van der Waals surface area contributed by atoms with Crippen LogP contribution in [-0.2, 0) is 9.53 Å². The first-order chi connectivity index (χ1) is 7.31. The Labute approximate surface area is 91.6 Å². The Hall–Kier alpha value is -0.570. The van der Waals surface area contributed by atoms with Crippen LogP contribution in [0.25, 0.3) is 0 Å². The maximum absolute atomic E-state index is 11.5. The zero-order valence-electron chi connectivity index (χ0n) is 9.50. The van der Waals surface area contributed by atoms with Crippen LogP contribution in [-0.4, -0.2) is 26.2 Å². The van der Waals surface area contributed by atoms with Crippen molar-refractivity contribution in [1.29, 1.82) is 0 Å². The van der Waals surface area contributed by atoms with Crippen LogP contribution in [0.1, 0.15) is 32.1 Å². The molecule has 2 aliphatic rings. The number of carbonyl (C=O) groups excluding carboxylic acids is 1. The van der Waals surface area contributed by atoms with Gasteiger partial charge < -0.3 is 10.1 Å². The lowest BCUT2D eigenvalue weighted by molar-refractivity contribution is -0.146. The summed E-state index contributed by atoms with van der Waals surface area (Å²) in [6.07, 6.45) is 6.51. The molecule has 15 heavy (non-hydrogen) atoms. The molecule has 3 heteroatoms. The molecule has 1 saturated heterocycles. The van der Waals surface area contributed by atoms with Crippen LogP contribution < -0.4 is 5.32 Å². The smallest absolute Gasteiger partial charge is 0.309 e. The van der Waals surface area contributed by atoms with Gasteiger partial charge in [-0.05, 0) is 24.8 Å². The number of esters is 1. The zero-order valence-corrected chi connectivity index (χ0v) is 9.50. The summed E-state index contributed by atoms with van der Waals surface area (Å²) >= 11 is 0. The van der Waals surface area contributed by atoms with Gasteiger partial charge in [0.05, 0.1) is 13.0 Å². The molecule has 3 nitrogen and oxygen atoms in total. The van der Waals surface area contributed by atoms with E-state index in [1.54, 1.807) is 0 Å². The number of ether oxygens (including phenoxy) is 1. The number of carbonyl (C=O) groups is 1. The zero-order chi connectivity index (χ0) is 10.7. The third-order valence-corrected chi connectivity index (χ3v) is 3.99. The number of hydrogen-bond donors (Lipinski definition) is 1. The molecule has 0 amide bonds. The van der Waals surface area contributed by atoms with Crippen molar-refractivity contribution in [3.05, 3.63) is 0 Å². The molecular weight excluding hydrogens is 190 g/mol. The average Bonchev–Trinajstić information content (AvgIpc) is 2.82. The van der Waals surface area contributed by atoms with Gasteiger partial charge in [-0.25, -0.2) is 0 Å². The summed E-state index contributed by atoms with van der Waals surface area (Å²) in [4.78, 5) is 11.5. The minimum atomic E-state index is -0.0369. The molecule has 0 aromatic carbocycles. The summed E-state index contributed by atoms with van der Waals surface area (Å²) in [6, 6.07) is 0. The van der Waals surface area contributed by atoms with Gasteiger partial charge in [0.25, 0.3) is 0 Å². The first kappa shape index (κ1) is 10.9. The molecule has 2 fully saturated rings. The molecule has 1 N–H and O–H groups in total. The monoisotopic (exact) mass is 211 g/mol. The Balaban J connectivity index is 1.88. The predicted octanol–water partition coefficient (Wildman–Crippen LogP) is 1.58. The van der Waals surface area contributed by atoms with E-state index in [2.05, 4.69) is 5.32 Å². The molecule has 0 bridgehead atoms. The molecule has 1 heterocycles. The highest BCUT2D eigenvalue weighted by Gasteiger charge is 2.33. The molecule has 86 valence electrons. The number of methoxy groups -OCH3 is 1. The van der Waals surface area contributed by atoms with Crippen molar-refractivity contribution in [3.8, 4) is 0 Å². The lowest BCUT2D eigenvalue weighted by Gasteiger charge is -2.32. The Morgan fingerprint density at radius 1 is 1.20 bits per heavy atom. The highest BCUT2D eigenvalue weighted by Crippen LogP contribution is 2.35. The molecule has 0 aromatic rings. The van der Waals surface area contributed by atoms with E-state index in [9.17, 15) is 4.79 Å². The summed E-state index contributed by atoms with van der Waals surface area (Å²) in [5.41, 5.74) is 0. The van der Waals surface area contributed by atoms with E-state index in [0.29, 0.717) is 5.92 Å². The topological polar surface area (TPSA) is 38.3 Å². The summed E-state index contributed by atoms with van der Waals surface area (Å²) in [5, 5.41) is 3.38. The van der Waals surface area contributed by atoms with Gasteiger partial charge in [0, 0.05) is 6.54 Å². The fourth-order valence-corrected chi connectivity index (χ4v) is 3.11. The van der Waals surface area contributed by atoms with E-state index in [4.69, 9.17) is 4.74 Å². The highest BCUT2D eigenvalue weighted by atomic mass is 16.5. The number of hydrogen-bond acceptors (Lipinski definition) is 3. The number of rotatable bonds is 2. The van der Waals surface area contributed by atoms with E-state index in [0.717, 1.165) is 25.4 Å². The van der Waals surface area contributed by atoms with Gasteiger partial charge in [-0.3, -0.25) is 4.79 Å². The normalized spacial score (nSPS) is 32.9. The van der Waals surface area contributed by atoms with Gasteiger partial charge in [-0.2, -0.15) is 0 Å². The molecule has 2 unspecified atom stereocenters. The van der Waals surface area contributed by atoms with Crippen LogP contribution in [0.15, 0.2) is 0 Å². The first-order valence-electron chi connectivity index (χ1n) is 6.10. The molecule has 0 spiro atoms. The van der Waals surface area contributed by atoms with Crippen LogP contribution in [0, 0.1) is 17.8 Å². The van der Waals surface area contributed by atoms with Crippen LogP contribution in [0.5, 0.6) is 0 Å². The largest absolute Gasteiger partial charge is 0.469 e. The molecule has 2 rings (SSSR count). The summed E-state index contributed by atoms with van der Waals surface area (Å²) < 4.78 is 4.82. The Kier molecular flexibility index (Phi) is 3.62. The lowest BCUT2D eigenvalue weighted by Crippen LogP contribution is -2.42. The summed E-state index contributed by atoms with van der Waals surface area (Å²) in [7, 11) is 1.49. The predicted molar refractivity (Wildman–Crippen MR) is 58.4 cm³/mol. The van der Waals surface area contributed by atoms with E-state index in [1.165, 1.54) is 32.8 Å². The Morgan fingerprint density at radius 2 is 1.93 bits per heavy atom. The summed E-state index contributed by atoms with van der Waals surface area (Å²) in [5.74, 6) is 1.61. The maximum atomic E-state index is 11.5. The van der Waals surface area contributed by atoms with Gasteiger partial charge in [-0.15, -0.1) is 0 Å². The van der Waals surface area contributed by atoms with E-state index in [-0.39, 0.29) is 11.9 Å². The van der Waals surface area contributed by atoms with Crippen molar-refractivity contribution in [2.24, 2.45) is 17.8 Å². The highest BCUT2D eigenvalue weighted by molar-refractivity contribution is 5.72. The second-order valence-electron chi connectivity index (χ2n) is 4.92. The van der Waals surface area contributed by atoms with Crippen LogP contribution in [0.4, 0.5) is 0 Å². The molecule has 0 aromatic heterocycles. The third kappa shape index (κ3) is 2.51. The van der Waals surface area contributed by atoms with Crippen molar-refractivity contribution in [2.45, 2.75) is 32.1 Å². The van der Waals surface area contributed by atoms with Gasteiger partial charge in [-0.1, -0.05) is 25.7 Å². The summed E-state index contributed by atoms with van der Waals surface area (Å²) in [6.45, 7) is 1.90. The first-order valence-corrected chi connectivity index (χ1v) is 6.10. The molecule has 2 atom stereocenters. The molecule has 1 saturated carbocycles. The Morgan fingerprint density at radius 3 is 2.60 bits per heavy atom.